The topological polar surface area (TPSA) is 62.3 Å². The van der Waals surface area contributed by atoms with Gasteiger partial charge in [0.2, 0.25) is 0 Å². The second-order valence-corrected chi connectivity index (χ2v) is 8.39. The molecule has 0 spiro atoms. The highest BCUT2D eigenvalue weighted by atomic mass is 16.5. The van der Waals surface area contributed by atoms with Crippen molar-refractivity contribution in [1.29, 1.82) is 0 Å². The summed E-state index contributed by atoms with van der Waals surface area (Å²) in [5.41, 5.74) is 1.73. The summed E-state index contributed by atoms with van der Waals surface area (Å²) in [6.07, 6.45) is 0.123. The van der Waals surface area contributed by atoms with Gasteiger partial charge in [0.05, 0.1) is 30.9 Å². The average molecular weight is 416 g/mol. The maximum Gasteiger partial charge on any atom is 0.277 e. The van der Waals surface area contributed by atoms with Crippen LogP contribution in [0.5, 0.6) is 5.75 Å². The third kappa shape index (κ3) is 5.02. The van der Waals surface area contributed by atoms with Crippen molar-refractivity contribution in [3.8, 4) is 5.75 Å². The van der Waals surface area contributed by atoms with Crippen molar-refractivity contribution in [1.82, 2.24) is 14.7 Å². The number of amides is 2. The smallest absolute Gasteiger partial charge is 0.277 e. The number of carbonyl (C=O) groups excluding carboxylic acids is 2. The Kier molecular flexibility index (Phi) is 7.15. The van der Waals surface area contributed by atoms with Crippen LogP contribution < -0.4 is 4.74 Å². The molecule has 1 fully saturated rings. The van der Waals surface area contributed by atoms with Gasteiger partial charge in [0.1, 0.15) is 11.4 Å². The van der Waals surface area contributed by atoms with Crippen molar-refractivity contribution in [3.05, 3.63) is 35.5 Å². The lowest BCUT2D eigenvalue weighted by Gasteiger charge is -2.34. The lowest BCUT2D eigenvalue weighted by Crippen LogP contribution is -2.46. The summed E-state index contributed by atoms with van der Waals surface area (Å²) < 4.78 is 11.3. The highest BCUT2D eigenvalue weighted by Gasteiger charge is 2.41. The number of nitrogens with zero attached hydrogens (tertiary/aromatic N) is 3. The van der Waals surface area contributed by atoms with Crippen LogP contribution >= 0.6 is 0 Å². The Morgan fingerprint density at radius 3 is 2.10 bits per heavy atom. The van der Waals surface area contributed by atoms with Gasteiger partial charge in [-0.15, -0.1) is 0 Å². The van der Waals surface area contributed by atoms with Crippen LogP contribution in [0.1, 0.15) is 33.3 Å². The van der Waals surface area contributed by atoms with Crippen LogP contribution in [0.25, 0.3) is 5.57 Å². The van der Waals surface area contributed by atoms with Gasteiger partial charge in [-0.05, 0) is 52.4 Å². The molecule has 7 heteroatoms. The minimum absolute atomic E-state index is 0.0517. The Morgan fingerprint density at radius 1 is 0.900 bits per heavy atom. The highest BCUT2D eigenvalue weighted by Crippen LogP contribution is 2.33. The number of piperazine rings is 1. The Labute approximate surface area is 179 Å². The first-order chi connectivity index (χ1) is 14.3. The SMILES string of the molecule is CC(C)OCCN1C(=O)C(c2ccc(OC(C)C)cc2)=C(N2CCN(C)CC2)C1=O. The van der Waals surface area contributed by atoms with Gasteiger partial charge in [-0.25, -0.2) is 0 Å². The minimum atomic E-state index is -0.251. The zero-order valence-electron chi connectivity index (χ0n) is 18.7. The maximum absolute atomic E-state index is 13.3. The van der Waals surface area contributed by atoms with Crippen LogP contribution in [-0.2, 0) is 14.3 Å². The summed E-state index contributed by atoms with van der Waals surface area (Å²) in [7, 11) is 2.07. The molecule has 0 radical (unpaired) electrons. The predicted octanol–water partition coefficient (Wildman–Crippen LogP) is 2.23. The van der Waals surface area contributed by atoms with E-state index in [4.69, 9.17) is 9.47 Å². The molecule has 1 saturated heterocycles. The molecule has 3 rings (SSSR count). The Bertz CT molecular complexity index is 793. The van der Waals surface area contributed by atoms with Crippen LogP contribution in [0.4, 0.5) is 0 Å². The second kappa shape index (κ2) is 9.62. The summed E-state index contributed by atoms with van der Waals surface area (Å²) in [6, 6.07) is 7.43. The standard InChI is InChI=1S/C23H33N3O4/c1-16(2)29-15-14-26-22(27)20(18-6-8-19(9-7-18)30-17(3)4)21(23(26)28)25-12-10-24(5)11-13-25/h6-9,16-17H,10-15H2,1-5H3. The summed E-state index contributed by atoms with van der Waals surface area (Å²) >= 11 is 0. The van der Waals surface area contributed by atoms with E-state index < -0.39 is 0 Å². The van der Waals surface area contributed by atoms with Crippen LogP contribution in [0.15, 0.2) is 30.0 Å². The molecule has 0 aliphatic carbocycles. The monoisotopic (exact) mass is 415 g/mol. The zero-order valence-corrected chi connectivity index (χ0v) is 18.7. The molecule has 0 aromatic heterocycles. The Hall–Kier alpha value is -2.38. The fourth-order valence-electron chi connectivity index (χ4n) is 3.70. The van der Waals surface area contributed by atoms with Gasteiger partial charge in [-0.1, -0.05) is 12.1 Å². The molecular weight excluding hydrogens is 382 g/mol. The first-order valence-electron chi connectivity index (χ1n) is 10.7. The number of hydrogen-bond acceptors (Lipinski definition) is 6. The number of hydrogen-bond donors (Lipinski definition) is 0. The van der Waals surface area contributed by atoms with Gasteiger partial charge in [-0.2, -0.15) is 0 Å². The van der Waals surface area contributed by atoms with Crippen molar-refractivity contribution < 1.29 is 19.1 Å². The van der Waals surface area contributed by atoms with Crippen LogP contribution in [0.2, 0.25) is 0 Å². The van der Waals surface area contributed by atoms with E-state index >= 15 is 0 Å². The van der Waals surface area contributed by atoms with E-state index in [2.05, 4.69) is 16.8 Å². The molecule has 0 N–H and O–H groups in total. The fraction of sp³-hybridized carbons (Fsp3) is 0.565. The van der Waals surface area contributed by atoms with E-state index in [1.165, 1.54) is 4.90 Å². The molecule has 2 heterocycles. The zero-order chi connectivity index (χ0) is 21.8. The van der Waals surface area contributed by atoms with Gasteiger partial charge in [0.15, 0.2) is 0 Å². The molecule has 2 aliphatic rings. The summed E-state index contributed by atoms with van der Waals surface area (Å²) in [4.78, 5) is 32.2. The summed E-state index contributed by atoms with van der Waals surface area (Å²) in [5.74, 6) is 0.266. The number of rotatable bonds is 8. The molecule has 2 amide bonds. The van der Waals surface area contributed by atoms with E-state index in [1.54, 1.807) is 0 Å². The third-order valence-corrected chi connectivity index (χ3v) is 5.24. The van der Waals surface area contributed by atoms with Crippen molar-refractivity contribution in [2.24, 2.45) is 0 Å². The number of likely N-dealkylation sites (N-methyl/N-ethyl adjacent to an activating group) is 1. The molecule has 1 aromatic carbocycles. The van der Waals surface area contributed by atoms with Crippen LogP contribution in [0, 0.1) is 0 Å². The number of benzene rings is 1. The van der Waals surface area contributed by atoms with Crippen molar-refractivity contribution in [2.45, 2.75) is 39.9 Å². The van der Waals surface area contributed by atoms with Crippen molar-refractivity contribution in [3.63, 3.8) is 0 Å². The third-order valence-electron chi connectivity index (χ3n) is 5.24. The van der Waals surface area contributed by atoms with Crippen LogP contribution in [0.3, 0.4) is 0 Å². The Balaban J connectivity index is 1.90. The van der Waals surface area contributed by atoms with Crippen molar-refractivity contribution in [2.75, 3.05) is 46.4 Å². The van der Waals surface area contributed by atoms with E-state index in [9.17, 15) is 9.59 Å². The fourth-order valence-corrected chi connectivity index (χ4v) is 3.70. The van der Waals surface area contributed by atoms with E-state index in [0.29, 0.717) is 17.9 Å². The molecule has 0 saturated carbocycles. The van der Waals surface area contributed by atoms with Gasteiger partial charge in [0.25, 0.3) is 11.8 Å². The van der Waals surface area contributed by atoms with E-state index in [1.807, 2.05) is 52.0 Å². The largest absolute Gasteiger partial charge is 0.491 e. The summed E-state index contributed by atoms with van der Waals surface area (Å²) in [6.45, 7) is 11.6. The normalized spacial score (nSPS) is 18.4. The van der Waals surface area contributed by atoms with Gasteiger partial charge in [-0.3, -0.25) is 14.5 Å². The summed E-state index contributed by atoms with van der Waals surface area (Å²) in [5, 5.41) is 0. The predicted molar refractivity (Wildman–Crippen MR) is 116 cm³/mol. The highest BCUT2D eigenvalue weighted by molar-refractivity contribution is 6.35. The van der Waals surface area contributed by atoms with Gasteiger partial charge >= 0.3 is 0 Å². The number of imide groups is 1. The molecule has 1 aromatic rings. The lowest BCUT2D eigenvalue weighted by atomic mass is 10.0. The molecule has 7 nitrogen and oxygen atoms in total. The second-order valence-electron chi connectivity index (χ2n) is 8.39. The molecule has 164 valence electrons. The first kappa shape index (κ1) is 22.3. The maximum atomic E-state index is 13.3. The van der Waals surface area contributed by atoms with Gasteiger partial charge in [0, 0.05) is 26.2 Å². The minimum Gasteiger partial charge on any atom is -0.491 e. The molecular formula is C23H33N3O4. The van der Waals surface area contributed by atoms with E-state index in [0.717, 1.165) is 37.5 Å². The van der Waals surface area contributed by atoms with Gasteiger partial charge < -0.3 is 19.3 Å². The van der Waals surface area contributed by atoms with Crippen LogP contribution in [-0.4, -0.2) is 85.1 Å². The number of carbonyl (C=O) groups is 2. The van der Waals surface area contributed by atoms with E-state index in [-0.39, 0.29) is 30.6 Å². The molecule has 30 heavy (non-hydrogen) atoms. The van der Waals surface area contributed by atoms with Crippen molar-refractivity contribution >= 4 is 17.4 Å². The molecule has 2 aliphatic heterocycles. The molecule has 0 bridgehead atoms. The molecule has 0 unspecified atom stereocenters. The molecule has 0 atom stereocenters. The lowest BCUT2D eigenvalue weighted by molar-refractivity contribution is -0.138. The first-order valence-corrected chi connectivity index (χ1v) is 10.7. The Morgan fingerprint density at radius 2 is 1.53 bits per heavy atom. The average Bonchev–Trinajstić information content (AvgIpc) is 2.93. The quantitative estimate of drug-likeness (QED) is 0.607. The number of ether oxygens (including phenoxy) is 2.